The molecule has 0 saturated heterocycles. The molecule has 318 valence electrons. The predicted octanol–water partition coefficient (Wildman–Crippen LogP) is 7.31. The number of ketones is 1. The number of methoxy groups -OCH3 is 1. The number of rotatable bonds is 19. The second kappa shape index (κ2) is 19.5. The number of Topliss-reactive ketones (excluding diaryl/α,β-unsaturated/α-hetero) is 1. The van der Waals surface area contributed by atoms with Crippen LogP contribution < -0.4 is 20.1 Å². The molecular formula is C50H55N3O8. The summed E-state index contributed by atoms with van der Waals surface area (Å²) >= 11 is 0. The minimum Gasteiger partial charge on any atom is -0.508 e. The molecule has 1 aromatic heterocycles. The molecule has 0 saturated carbocycles. The van der Waals surface area contributed by atoms with Crippen LogP contribution in [-0.2, 0) is 24.2 Å². The lowest BCUT2D eigenvalue weighted by molar-refractivity contribution is -0.123. The number of hydrogen-bond donors (Lipinski definition) is 8. The lowest BCUT2D eigenvalue weighted by Crippen LogP contribution is -2.33. The summed E-state index contributed by atoms with van der Waals surface area (Å²) in [5, 5.41) is 63.0. The highest BCUT2D eigenvalue weighted by atomic mass is 16.5. The summed E-state index contributed by atoms with van der Waals surface area (Å²) in [6.07, 6.45) is 6.75. The van der Waals surface area contributed by atoms with Gasteiger partial charge in [0.25, 0.3) is 0 Å². The van der Waals surface area contributed by atoms with Crippen LogP contribution in [0.3, 0.4) is 0 Å². The molecule has 8 N–H and O–H groups in total. The van der Waals surface area contributed by atoms with Gasteiger partial charge in [0.05, 0.1) is 19.3 Å². The summed E-state index contributed by atoms with van der Waals surface area (Å²) in [4.78, 5) is 18.0. The number of ether oxygens (including phenoxy) is 2. The van der Waals surface area contributed by atoms with Gasteiger partial charge in [-0.25, -0.2) is 0 Å². The number of aromatic hydroxyl groups is 3. The van der Waals surface area contributed by atoms with Crippen molar-refractivity contribution in [2.75, 3.05) is 27.4 Å². The number of hydrogen-bond acceptors (Lipinski definition) is 10. The van der Waals surface area contributed by atoms with Crippen molar-refractivity contribution in [1.29, 1.82) is 0 Å². The van der Waals surface area contributed by atoms with Crippen LogP contribution in [0.1, 0.15) is 70.0 Å². The third kappa shape index (κ3) is 9.93. The van der Waals surface area contributed by atoms with Crippen LogP contribution in [0.15, 0.2) is 122 Å². The van der Waals surface area contributed by atoms with Gasteiger partial charge in [-0.2, -0.15) is 0 Å². The largest absolute Gasteiger partial charge is 0.508 e. The number of aromatic amines is 1. The number of H-pyrrole nitrogens is 1. The number of allylic oxidation sites excluding steroid dienone is 2. The minimum atomic E-state index is -1.12. The molecule has 7 rings (SSSR count). The van der Waals surface area contributed by atoms with Gasteiger partial charge in [0.1, 0.15) is 18.3 Å². The van der Waals surface area contributed by atoms with Crippen LogP contribution in [0, 0.1) is 5.92 Å². The molecule has 6 atom stereocenters. The van der Waals surface area contributed by atoms with Crippen molar-refractivity contribution in [3.05, 3.63) is 161 Å². The van der Waals surface area contributed by atoms with Crippen molar-refractivity contribution >= 4 is 16.6 Å². The van der Waals surface area contributed by atoms with Crippen LogP contribution in [0.25, 0.3) is 10.8 Å². The molecule has 0 amide bonds. The highest BCUT2D eigenvalue weighted by Crippen LogP contribution is 2.50. The average Bonchev–Trinajstić information content (AvgIpc) is 3.77. The average molecular weight is 826 g/mol. The van der Waals surface area contributed by atoms with E-state index >= 15 is 0 Å². The number of nitrogens with one attached hydrogen (secondary N) is 3. The summed E-state index contributed by atoms with van der Waals surface area (Å²) in [6.45, 7) is 2.47. The minimum absolute atomic E-state index is 0.0175. The maximum absolute atomic E-state index is 14.9. The number of aromatic nitrogens is 1. The first-order valence-electron chi connectivity index (χ1n) is 20.7. The first-order chi connectivity index (χ1) is 29.5. The monoisotopic (exact) mass is 825 g/mol. The molecule has 1 aliphatic carbocycles. The van der Waals surface area contributed by atoms with Gasteiger partial charge < -0.3 is 45.3 Å². The van der Waals surface area contributed by atoms with Crippen molar-refractivity contribution < 1.29 is 39.8 Å². The van der Waals surface area contributed by atoms with Gasteiger partial charge in [-0.3, -0.25) is 10.1 Å². The molecular weight excluding hydrogens is 771 g/mol. The van der Waals surface area contributed by atoms with Crippen molar-refractivity contribution in [2.45, 2.75) is 62.7 Å². The van der Waals surface area contributed by atoms with Crippen LogP contribution in [-0.4, -0.2) is 75.9 Å². The topological polar surface area (TPSA) is 177 Å². The maximum Gasteiger partial charge on any atom is 0.164 e. The number of benzene rings is 5. The molecule has 11 nitrogen and oxygen atoms in total. The summed E-state index contributed by atoms with van der Waals surface area (Å²) in [7, 11) is 3.36. The molecule has 0 radical (unpaired) electrons. The van der Waals surface area contributed by atoms with Crippen molar-refractivity contribution in [3.8, 4) is 28.7 Å². The van der Waals surface area contributed by atoms with E-state index in [2.05, 4.69) is 52.0 Å². The third-order valence-corrected chi connectivity index (χ3v) is 11.7. The highest BCUT2D eigenvalue weighted by molar-refractivity contribution is 5.88. The molecule has 1 aliphatic rings. The summed E-state index contributed by atoms with van der Waals surface area (Å²) in [5.41, 5.74) is 5.82. The predicted molar refractivity (Wildman–Crippen MR) is 237 cm³/mol. The fourth-order valence-electron chi connectivity index (χ4n) is 8.83. The van der Waals surface area contributed by atoms with E-state index in [1.807, 2.05) is 48.8 Å². The Kier molecular flexibility index (Phi) is 13.8. The fraction of sp³-hybridized carbons (Fsp3) is 0.300. The Balaban J connectivity index is 1.25. The Morgan fingerprint density at radius 1 is 0.836 bits per heavy atom. The van der Waals surface area contributed by atoms with E-state index in [-0.39, 0.29) is 60.2 Å². The standard InChI is InChI=1S/C50H55N3O8/c1-30(54)26-53-29-61-48-23-31(11-15-44(48)56)21-42(35-19-33(27-51-2)20-36(55)24-35)46(58)25-47(59)43(22-32-17-18-52-28-32)39-12-13-40(49-41(39)14-16-45(57)50(49)60-3)38-10-6-8-34-7-4-5-9-37(34)38/h4-20,23-24,28,30,39-40,42-43,47,51-57,59H,21-22,25-27,29H2,1-3H3. The van der Waals surface area contributed by atoms with E-state index in [0.717, 1.165) is 38.6 Å². The van der Waals surface area contributed by atoms with Gasteiger partial charge in [-0.05, 0) is 113 Å². The van der Waals surface area contributed by atoms with Gasteiger partial charge in [-0.1, -0.05) is 72.8 Å². The van der Waals surface area contributed by atoms with Gasteiger partial charge in [0, 0.05) is 55.2 Å². The van der Waals surface area contributed by atoms with E-state index in [1.165, 1.54) is 6.07 Å². The van der Waals surface area contributed by atoms with Crippen LogP contribution in [0.4, 0.5) is 0 Å². The smallest absolute Gasteiger partial charge is 0.164 e. The number of phenolic OH excluding ortho intramolecular Hbond substituents is 3. The molecule has 0 bridgehead atoms. The Hall–Kier alpha value is -6.11. The second-order valence-corrected chi connectivity index (χ2v) is 16.0. The Labute approximate surface area is 356 Å². The zero-order valence-electron chi connectivity index (χ0n) is 34.7. The number of carbonyl (C=O) groups is 1. The van der Waals surface area contributed by atoms with Crippen molar-refractivity contribution in [1.82, 2.24) is 15.6 Å². The molecule has 11 heteroatoms. The fourth-order valence-corrected chi connectivity index (χ4v) is 8.83. The molecule has 0 aliphatic heterocycles. The van der Waals surface area contributed by atoms with Crippen LogP contribution in [0.5, 0.6) is 28.7 Å². The highest BCUT2D eigenvalue weighted by Gasteiger charge is 2.38. The van der Waals surface area contributed by atoms with Crippen molar-refractivity contribution in [3.63, 3.8) is 0 Å². The normalized spacial score (nSPS) is 16.7. The molecule has 6 aromatic rings. The lowest BCUT2D eigenvalue weighted by atomic mass is 9.69. The molecule has 6 unspecified atom stereocenters. The molecule has 0 fully saturated rings. The zero-order valence-corrected chi connectivity index (χ0v) is 34.7. The number of carbonyl (C=O) groups excluding carboxylic acids is 1. The number of phenols is 3. The third-order valence-electron chi connectivity index (χ3n) is 11.7. The number of aliphatic hydroxyl groups excluding tert-OH is 2. The van der Waals surface area contributed by atoms with Gasteiger partial charge in [0.2, 0.25) is 0 Å². The van der Waals surface area contributed by atoms with Crippen molar-refractivity contribution in [2.24, 2.45) is 5.92 Å². The van der Waals surface area contributed by atoms with Gasteiger partial charge >= 0.3 is 0 Å². The number of fused-ring (bicyclic) bond motifs is 2. The zero-order chi connectivity index (χ0) is 43.0. The molecule has 5 aromatic carbocycles. The van der Waals surface area contributed by atoms with E-state index in [4.69, 9.17) is 9.47 Å². The quantitative estimate of drug-likeness (QED) is 0.0235. The Bertz CT molecular complexity index is 2460. The van der Waals surface area contributed by atoms with E-state index in [1.54, 1.807) is 51.4 Å². The first-order valence-corrected chi connectivity index (χ1v) is 20.7. The SMILES string of the molecule is CNCc1cc(O)cc(C(Cc2ccc(O)c(OCNCC(C)O)c2)C(=O)CC(O)C(Cc2cc[nH]c2)C2C=CC(c3cccc4ccccc34)c3c2ccc(O)c3OC)c1. The van der Waals surface area contributed by atoms with E-state index < -0.39 is 24.0 Å². The number of aliphatic hydroxyl groups is 2. The van der Waals surface area contributed by atoms with Crippen LogP contribution in [0.2, 0.25) is 0 Å². The summed E-state index contributed by atoms with van der Waals surface area (Å²) in [6, 6.07) is 30.0. The van der Waals surface area contributed by atoms with Gasteiger partial charge in [0.15, 0.2) is 23.0 Å². The molecule has 1 heterocycles. The lowest BCUT2D eigenvalue weighted by Gasteiger charge is -2.36. The summed E-state index contributed by atoms with van der Waals surface area (Å²) in [5.74, 6) is -1.57. The van der Waals surface area contributed by atoms with E-state index in [9.17, 15) is 30.3 Å². The van der Waals surface area contributed by atoms with Gasteiger partial charge in [-0.15, -0.1) is 0 Å². The maximum atomic E-state index is 14.9. The van der Waals surface area contributed by atoms with E-state index in [0.29, 0.717) is 36.4 Å². The summed E-state index contributed by atoms with van der Waals surface area (Å²) < 4.78 is 11.7. The van der Waals surface area contributed by atoms with Crippen LogP contribution >= 0.6 is 0 Å². The molecule has 61 heavy (non-hydrogen) atoms. The molecule has 0 spiro atoms. The Morgan fingerprint density at radius 2 is 1.64 bits per heavy atom. The second-order valence-electron chi connectivity index (χ2n) is 16.0. The Morgan fingerprint density at radius 3 is 2.41 bits per heavy atom. The first kappa shape index (κ1) is 43.0.